The highest BCUT2D eigenvalue weighted by atomic mass is 32.2. The summed E-state index contributed by atoms with van der Waals surface area (Å²) in [6, 6.07) is 0. The number of nitrogens with one attached hydrogen (secondary N) is 1. The van der Waals surface area contributed by atoms with Crippen LogP contribution in [0.3, 0.4) is 0 Å². The van der Waals surface area contributed by atoms with Gasteiger partial charge in [0.2, 0.25) is 0 Å². The molecule has 0 aromatic carbocycles. The van der Waals surface area contributed by atoms with Crippen LogP contribution in [0.2, 0.25) is 0 Å². The number of hydrazine groups is 1. The van der Waals surface area contributed by atoms with E-state index in [1.807, 2.05) is 11.8 Å². The molecule has 0 radical (unpaired) electrons. The Balaban J connectivity index is 2.05. The van der Waals surface area contributed by atoms with E-state index in [1.54, 1.807) is 6.33 Å². The third-order valence-corrected chi connectivity index (χ3v) is 4.74. The van der Waals surface area contributed by atoms with Crippen LogP contribution in [0.4, 0.5) is 5.82 Å². The van der Waals surface area contributed by atoms with Crippen LogP contribution in [-0.4, -0.2) is 15.7 Å². The molecular weight excluding hydrogens is 244 g/mol. The van der Waals surface area contributed by atoms with Crippen molar-refractivity contribution in [2.75, 3.05) is 11.2 Å². The van der Waals surface area contributed by atoms with Gasteiger partial charge in [0.05, 0.1) is 0 Å². The SMILES string of the molecule is CCCc1c(NN)ncnc1SCC1CCCC1. The zero-order valence-corrected chi connectivity index (χ0v) is 11.8. The lowest BCUT2D eigenvalue weighted by atomic mass is 10.1. The highest BCUT2D eigenvalue weighted by molar-refractivity contribution is 7.99. The Morgan fingerprint density at radius 3 is 2.83 bits per heavy atom. The minimum Gasteiger partial charge on any atom is -0.308 e. The standard InChI is InChI=1S/C13H22N4S/c1-2-5-11-12(17-14)15-9-16-13(11)18-8-10-6-3-4-7-10/h9-10H,2-8,14H2,1H3,(H,15,16,17). The second kappa shape index (κ2) is 6.95. The van der Waals surface area contributed by atoms with E-state index in [2.05, 4.69) is 22.3 Å². The van der Waals surface area contributed by atoms with Crippen LogP contribution in [0, 0.1) is 5.92 Å². The van der Waals surface area contributed by atoms with Crippen LogP contribution in [0.15, 0.2) is 11.4 Å². The van der Waals surface area contributed by atoms with E-state index in [0.717, 1.165) is 29.6 Å². The Kier molecular flexibility index (Phi) is 5.26. The lowest BCUT2D eigenvalue weighted by Crippen LogP contribution is -2.12. The average molecular weight is 266 g/mol. The fourth-order valence-corrected chi connectivity index (χ4v) is 3.72. The molecular formula is C13H22N4S. The van der Waals surface area contributed by atoms with E-state index in [0.29, 0.717) is 0 Å². The molecule has 1 saturated carbocycles. The topological polar surface area (TPSA) is 63.8 Å². The largest absolute Gasteiger partial charge is 0.308 e. The van der Waals surface area contributed by atoms with Crippen molar-refractivity contribution in [3.63, 3.8) is 0 Å². The first kappa shape index (κ1) is 13.6. The predicted molar refractivity (Wildman–Crippen MR) is 76.5 cm³/mol. The van der Waals surface area contributed by atoms with Crippen molar-refractivity contribution in [2.45, 2.75) is 50.5 Å². The minimum absolute atomic E-state index is 0.778. The number of hydrogen-bond acceptors (Lipinski definition) is 5. The average Bonchev–Trinajstić information content (AvgIpc) is 2.91. The summed E-state index contributed by atoms with van der Waals surface area (Å²) in [7, 11) is 0. The fraction of sp³-hybridized carbons (Fsp3) is 0.692. The number of nitrogens with two attached hydrogens (primary N) is 1. The van der Waals surface area contributed by atoms with Crippen LogP contribution in [-0.2, 0) is 6.42 Å². The lowest BCUT2D eigenvalue weighted by molar-refractivity contribution is 0.622. The Hall–Kier alpha value is -0.810. The zero-order chi connectivity index (χ0) is 12.8. The first-order chi connectivity index (χ1) is 8.85. The van der Waals surface area contributed by atoms with E-state index in [9.17, 15) is 0 Å². The number of nitrogen functional groups attached to an aromatic ring is 1. The van der Waals surface area contributed by atoms with E-state index in [-0.39, 0.29) is 0 Å². The summed E-state index contributed by atoms with van der Waals surface area (Å²) in [5, 5.41) is 1.10. The molecule has 2 rings (SSSR count). The van der Waals surface area contributed by atoms with Gasteiger partial charge in [0.1, 0.15) is 17.2 Å². The predicted octanol–water partition coefficient (Wildman–Crippen LogP) is 3.00. The summed E-state index contributed by atoms with van der Waals surface area (Å²) in [6.07, 6.45) is 9.21. The van der Waals surface area contributed by atoms with Crippen LogP contribution in [0.5, 0.6) is 0 Å². The molecule has 1 aliphatic carbocycles. The monoisotopic (exact) mass is 266 g/mol. The molecule has 0 unspecified atom stereocenters. The van der Waals surface area contributed by atoms with Gasteiger partial charge in [0, 0.05) is 11.3 Å². The van der Waals surface area contributed by atoms with Crippen molar-refractivity contribution >= 4 is 17.6 Å². The molecule has 5 heteroatoms. The van der Waals surface area contributed by atoms with Crippen molar-refractivity contribution < 1.29 is 0 Å². The number of hydrogen-bond donors (Lipinski definition) is 2. The summed E-state index contributed by atoms with van der Waals surface area (Å²) >= 11 is 1.87. The van der Waals surface area contributed by atoms with Gasteiger partial charge in [-0.15, -0.1) is 11.8 Å². The summed E-state index contributed by atoms with van der Waals surface area (Å²) in [5.74, 6) is 8.34. The Bertz CT molecular complexity index is 377. The van der Waals surface area contributed by atoms with E-state index in [4.69, 9.17) is 5.84 Å². The third kappa shape index (κ3) is 3.36. The number of aromatic nitrogens is 2. The van der Waals surface area contributed by atoms with Crippen LogP contribution < -0.4 is 11.3 Å². The van der Waals surface area contributed by atoms with Crippen LogP contribution in [0.25, 0.3) is 0 Å². The van der Waals surface area contributed by atoms with E-state index in [1.165, 1.54) is 37.0 Å². The Labute approximate surface area is 113 Å². The van der Waals surface area contributed by atoms with Gasteiger partial charge in [0.15, 0.2) is 0 Å². The van der Waals surface area contributed by atoms with Gasteiger partial charge in [-0.05, 0) is 25.2 Å². The molecule has 0 atom stereocenters. The second-order valence-electron chi connectivity index (χ2n) is 4.86. The minimum atomic E-state index is 0.778. The number of thioether (sulfide) groups is 1. The van der Waals surface area contributed by atoms with Gasteiger partial charge in [-0.1, -0.05) is 26.2 Å². The van der Waals surface area contributed by atoms with E-state index < -0.39 is 0 Å². The molecule has 4 nitrogen and oxygen atoms in total. The van der Waals surface area contributed by atoms with Crippen molar-refractivity contribution in [1.29, 1.82) is 0 Å². The molecule has 3 N–H and O–H groups in total. The molecule has 0 amide bonds. The normalized spacial score (nSPS) is 16.1. The van der Waals surface area contributed by atoms with Crippen molar-refractivity contribution in [2.24, 2.45) is 11.8 Å². The Morgan fingerprint density at radius 1 is 1.39 bits per heavy atom. The Morgan fingerprint density at radius 2 is 2.17 bits per heavy atom. The molecule has 1 aromatic rings. The summed E-state index contributed by atoms with van der Waals surface area (Å²) < 4.78 is 0. The van der Waals surface area contributed by atoms with Gasteiger partial charge in [-0.25, -0.2) is 15.8 Å². The quantitative estimate of drug-likeness (QED) is 0.359. The van der Waals surface area contributed by atoms with Crippen molar-refractivity contribution in [3.05, 3.63) is 11.9 Å². The van der Waals surface area contributed by atoms with Gasteiger partial charge < -0.3 is 5.43 Å². The summed E-state index contributed by atoms with van der Waals surface area (Å²) in [5.41, 5.74) is 3.86. The third-order valence-electron chi connectivity index (χ3n) is 3.47. The maximum atomic E-state index is 5.52. The lowest BCUT2D eigenvalue weighted by Gasteiger charge is -2.13. The molecule has 1 aliphatic rings. The molecule has 1 heterocycles. The molecule has 0 spiro atoms. The molecule has 18 heavy (non-hydrogen) atoms. The van der Waals surface area contributed by atoms with Gasteiger partial charge in [-0.3, -0.25) is 0 Å². The maximum Gasteiger partial charge on any atom is 0.147 e. The molecule has 0 saturated heterocycles. The number of rotatable bonds is 6. The summed E-state index contributed by atoms with van der Waals surface area (Å²) in [4.78, 5) is 8.62. The van der Waals surface area contributed by atoms with Crippen molar-refractivity contribution in [1.82, 2.24) is 9.97 Å². The van der Waals surface area contributed by atoms with Gasteiger partial charge >= 0.3 is 0 Å². The molecule has 0 bridgehead atoms. The first-order valence-corrected chi connectivity index (χ1v) is 7.77. The molecule has 100 valence electrons. The van der Waals surface area contributed by atoms with Gasteiger partial charge in [0.25, 0.3) is 0 Å². The smallest absolute Gasteiger partial charge is 0.147 e. The van der Waals surface area contributed by atoms with Gasteiger partial charge in [-0.2, -0.15) is 0 Å². The van der Waals surface area contributed by atoms with E-state index >= 15 is 0 Å². The molecule has 0 aliphatic heterocycles. The zero-order valence-electron chi connectivity index (χ0n) is 11.0. The highest BCUT2D eigenvalue weighted by Crippen LogP contribution is 2.32. The molecule has 1 fully saturated rings. The van der Waals surface area contributed by atoms with Crippen molar-refractivity contribution in [3.8, 4) is 0 Å². The molecule has 1 aromatic heterocycles. The number of anilines is 1. The first-order valence-electron chi connectivity index (χ1n) is 6.78. The van der Waals surface area contributed by atoms with Crippen LogP contribution >= 0.6 is 11.8 Å². The summed E-state index contributed by atoms with van der Waals surface area (Å²) in [6.45, 7) is 2.17. The second-order valence-corrected chi connectivity index (χ2v) is 5.87. The van der Waals surface area contributed by atoms with Crippen LogP contribution in [0.1, 0.15) is 44.6 Å². The fourth-order valence-electron chi connectivity index (χ4n) is 2.49. The maximum absolute atomic E-state index is 5.52. The highest BCUT2D eigenvalue weighted by Gasteiger charge is 2.17. The number of nitrogens with zero attached hydrogens (tertiary/aromatic N) is 2.